The van der Waals surface area contributed by atoms with E-state index < -0.39 is 11.7 Å². The lowest BCUT2D eigenvalue weighted by atomic mass is 10.1. The van der Waals surface area contributed by atoms with Crippen LogP contribution in [0, 0.1) is 0 Å². The van der Waals surface area contributed by atoms with Crippen LogP contribution < -0.4 is 10.1 Å². The van der Waals surface area contributed by atoms with Gasteiger partial charge in [-0.05, 0) is 31.2 Å². The molecular formula is C24H22Cl2F3N5O4. The molecule has 1 atom stereocenters. The standard InChI is InChI=1S/C24H22Cl2F3N5O4/c1-3-4-13-5-14(24(27,28)29)8-34-9-19(31-21(13)34)23-33-32-22(38-23)16-6-18(26)20(7-17(16)25)37-11-15(30-2)10-36-12-35/h5-9,12,15,30H,3-4,10-11H2,1-2H3. The molecule has 3 heterocycles. The molecule has 0 fully saturated rings. The topological polar surface area (TPSA) is 104 Å². The number of halogens is 5. The van der Waals surface area contributed by atoms with E-state index in [-0.39, 0.29) is 52.5 Å². The van der Waals surface area contributed by atoms with Crippen LogP contribution in [0.2, 0.25) is 10.0 Å². The number of likely N-dealkylation sites (N-methyl/N-ethyl adjacent to an activating group) is 1. The zero-order valence-corrected chi connectivity index (χ0v) is 21.7. The summed E-state index contributed by atoms with van der Waals surface area (Å²) in [4.78, 5) is 14.8. The second kappa shape index (κ2) is 11.6. The number of rotatable bonds is 11. The number of hydrogen-bond acceptors (Lipinski definition) is 8. The number of imidazole rings is 1. The highest BCUT2D eigenvalue weighted by Crippen LogP contribution is 2.37. The Morgan fingerprint density at radius 3 is 2.58 bits per heavy atom. The van der Waals surface area contributed by atoms with Gasteiger partial charge in [-0.25, -0.2) is 4.98 Å². The van der Waals surface area contributed by atoms with Crippen LogP contribution in [0.5, 0.6) is 5.75 Å². The second-order valence-electron chi connectivity index (χ2n) is 8.26. The third kappa shape index (κ3) is 6.03. The largest absolute Gasteiger partial charge is 0.490 e. The minimum atomic E-state index is -4.50. The van der Waals surface area contributed by atoms with Gasteiger partial charge in [0.2, 0.25) is 5.89 Å². The van der Waals surface area contributed by atoms with Crippen LogP contribution in [0.25, 0.3) is 28.7 Å². The molecular weight excluding hydrogens is 550 g/mol. The third-order valence-corrected chi connectivity index (χ3v) is 6.19. The summed E-state index contributed by atoms with van der Waals surface area (Å²) in [5, 5.41) is 11.4. The number of carbonyl (C=O) groups excluding carboxylic acids is 1. The van der Waals surface area contributed by atoms with Crippen LogP contribution in [0.15, 0.2) is 35.0 Å². The Kier molecular flexibility index (Phi) is 8.44. The fraction of sp³-hybridized carbons (Fsp3) is 0.333. The average Bonchev–Trinajstić information content (AvgIpc) is 3.53. The molecule has 0 saturated carbocycles. The number of alkyl halides is 3. The first kappa shape index (κ1) is 27.7. The molecule has 202 valence electrons. The van der Waals surface area contributed by atoms with Gasteiger partial charge in [0, 0.05) is 18.5 Å². The van der Waals surface area contributed by atoms with Gasteiger partial charge in [0.25, 0.3) is 12.4 Å². The SMILES string of the molecule is CCCc1cc(C(F)(F)F)cn2cc(-c3nnc(-c4cc(Cl)c(OCC(COC=O)NC)cc4Cl)o3)nc12. The van der Waals surface area contributed by atoms with E-state index in [9.17, 15) is 18.0 Å². The van der Waals surface area contributed by atoms with Gasteiger partial charge in [0.15, 0.2) is 0 Å². The molecule has 0 aliphatic heterocycles. The first-order chi connectivity index (χ1) is 18.1. The van der Waals surface area contributed by atoms with Gasteiger partial charge < -0.3 is 23.6 Å². The summed E-state index contributed by atoms with van der Waals surface area (Å²) in [6, 6.07) is 3.81. The number of aryl methyl sites for hydroxylation is 1. The Balaban J connectivity index is 1.61. The molecule has 1 aromatic carbocycles. The van der Waals surface area contributed by atoms with Gasteiger partial charge in [-0.3, -0.25) is 4.79 Å². The molecule has 0 saturated heterocycles. The van der Waals surface area contributed by atoms with Crippen molar-refractivity contribution in [3.8, 4) is 28.8 Å². The minimum Gasteiger partial charge on any atom is -0.490 e. The minimum absolute atomic E-state index is 0.000683. The zero-order chi connectivity index (χ0) is 27.4. The Bertz CT molecular complexity index is 1440. The molecule has 0 aliphatic carbocycles. The fourth-order valence-electron chi connectivity index (χ4n) is 3.68. The number of hydrogen-bond donors (Lipinski definition) is 1. The summed E-state index contributed by atoms with van der Waals surface area (Å²) in [7, 11) is 1.69. The van der Waals surface area contributed by atoms with Crippen molar-refractivity contribution in [2.24, 2.45) is 0 Å². The van der Waals surface area contributed by atoms with E-state index >= 15 is 0 Å². The molecule has 4 aromatic rings. The average molecular weight is 572 g/mol. The third-order valence-electron chi connectivity index (χ3n) is 5.58. The van der Waals surface area contributed by atoms with Crippen LogP contribution >= 0.6 is 23.2 Å². The van der Waals surface area contributed by atoms with Crippen LogP contribution in [-0.4, -0.2) is 52.4 Å². The van der Waals surface area contributed by atoms with Crippen LogP contribution in [0.1, 0.15) is 24.5 Å². The Morgan fingerprint density at radius 2 is 1.89 bits per heavy atom. The highest BCUT2D eigenvalue weighted by molar-refractivity contribution is 6.36. The van der Waals surface area contributed by atoms with Crippen LogP contribution in [0.4, 0.5) is 13.2 Å². The number of nitrogens with one attached hydrogen (secondary N) is 1. The molecule has 14 heteroatoms. The van der Waals surface area contributed by atoms with Crippen molar-refractivity contribution in [2.45, 2.75) is 32.0 Å². The molecule has 0 bridgehead atoms. The Hall–Kier alpha value is -3.35. The number of fused-ring (bicyclic) bond motifs is 1. The number of carbonyl (C=O) groups is 1. The smallest absolute Gasteiger partial charge is 0.417 e. The molecule has 0 radical (unpaired) electrons. The Morgan fingerprint density at radius 1 is 1.13 bits per heavy atom. The molecule has 4 rings (SSSR count). The highest BCUT2D eigenvalue weighted by atomic mass is 35.5. The lowest BCUT2D eigenvalue weighted by molar-refractivity contribution is -0.138. The Labute approximate surface area is 224 Å². The quantitative estimate of drug-likeness (QED) is 0.236. The number of benzene rings is 1. The van der Waals surface area contributed by atoms with Crippen molar-refractivity contribution >= 4 is 35.3 Å². The lowest BCUT2D eigenvalue weighted by Gasteiger charge is -2.17. The van der Waals surface area contributed by atoms with E-state index in [1.165, 1.54) is 22.7 Å². The van der Waals surface area contributed by atoms with Crippen molar-refractivity contribution < 1.29 is 31.9 Å². The van der Waals surface area contributed by atoms with E-state index in [0.717, 1.165) is 12.3 Å². The lowest BCUT2D eigenvalue weighted by Crippen LogP contribution is -2.36. The fourth-order valence-corrected chi connectivity index (χ4v) is 4.13. The number of ether oxygens (including phenoxy) is 2. The maximum Gasteiger partial charge on any atom is 0.417 e. The van der Waals surface area contributed by atoms with E-state index in [1.54, 1.807) is 7.05 Å². The van der Waals surface area contributed by atoms with E-state index in [1.807, 2.05) is 6.92 Å². The summed E-state index contributed by atoms with van der Waals surface area (Å²) < 4.78 is 57.6. The van der Waals surface area contributed by atoms with Gasteiger partial charge in [0.1, 0.15) is 30.3 Å². The number of aromatic nitrogens is 4. The van der Waals surface area contributed by atoms with Gasteiger partial charge >= 0.3 is 6.18 Å². The molecule has 1 unspecified atom stereocenters. The van der Waals surface area contributed by atoms with Gasteiger partial charge in [-0.2, -0.15) is 13.2 Å². The zero-order valence-electron chi connectivity index (χ0n) is 20.2. The number of pyridine rings is 1. The van der Waals surface area contributed by atoms with Crippen LogP contribution in [-0.2, 0) is 22.1 Å². The molecule has 38 heavy (non-hydrogen) atoms. The summed E-state index contributed by atoms with van der Waals surface area (Å²) in [5.74, 6) is 0.322. The normalized spacial score (nSPS) is 12.6. The maximum atomic E-state index is 13.4. The van der Waals surface area contributed by atoms with Crippen molar-refractivity contribution in [1.29, 1.82) is 0 Å². The molecule has 9 nitrogen and oxygen atoms in total. The van der Waals surface area contributed by atoms with E-state index in [2.05, 4.69) is 20.5 Å². The predicted molar refractivity (Wildman–Crippen MR) is 133 cm³/mol. The van der Waals surface area contributed by atoms with Crippen molar-refractivity contribution in [3.63, 3.8) is 0 Å². The van der Waals surface area contributed by atoms with Gasteiger partial charge in [0.05, 0.1) is 27.2 Å². The first-order valence-corrected chi connectivity index (χ1v) is 12.2. The van der Waals surface area contributed by atoms with E-state index in [4.69, 9.17) is 37.1 Å². The molecule has 0 aliphatic rings. The van der Waals surface area contributed by atoms with Gasteiger partial charge in [-0.15, -0.1) is 10.2 Å². The molecule has 3 aromatic heterocycles. The second-order valence-corrected chi connectivity index (χ2v) is 9.07. The van der Waals surface area contributed by atoms with Crippen LogP contribution in [0.3, 0.4) is 0 Å². The summed E-state index contributed by atoms with van der Waals surface area (Å²) in [6.07, 6.45) is -1.06. The van der Waals surface area contributed by atoms with Crippen molar-refractivity contribution in [1.82, 2.24) is 24.9 Å². The molecule has 0 amide bonds. The molecule has 0 spiro atoms. The summed E-state index contributed by atoms with van der Waals surface area (Å²) in [5.41, 5.74) is 0.586. The number of nitrogens with zero attached hydrogens (tertiary/aromatic N) is 4. The monoisotopic (exact) mass is 571 g/mol. The van der Waals surface area contributed by atoms with Gasteiger partial charge in [-0.1, -0.05) is 36.5 Å². The van der Waals surface area contributed by atoms with Crippen molar-refractivity contribution in [2.75, 3.05) is 20.3 Å². The van der Waals surface area contributed by atoms with Crippen molar-refractivity contribution in [3.05, 3.63) is 51.8 Å². The summed E-state index contributed by atoms with van der Waals surface area (Å²) >= 11 is 12.8. The highest BCUT2D eigenvalue weighted by Gasteiger charge is 2.32. The van der Waals surface area contributed by atoms with E-state index in [0.29, 0.717) is 36.1 Å². The molecule has 1 N–H and O–H groups in total. The maximum absolute atomic E-state index is 13.4. The first-order valence-electron chi connectivity index (χ1n) is 11.4. The summed E-state index contributed by atoms with van der Waals surface area (Å²) in [6.45, 7) is 2.47. The predicted octanol–water partition coefficient (Wildman–Crippen LogP) is 5.47.